The molecule has 2 heterocycles. The van der Waals surface area contributed by atoms with Gasteiger partial charge < -0.3 is 43.6 Å². The summed E-state index contributed by atoms with van der Waals surface area (Å²) in [6.45, 7) is 14.2. The van der Waals surface area contributed by atoms with Crippen LogP contribution in [0.1, 0.15) is 86.6 Å². The minimum Gasteiger partial charge on any atom is -0.511 e. The highest BCUT2D eigenvalue weighted by atomic mass is 16.7. The number of nitro groups is 1. The van der Waals surface area contributed by atoms with Gasteiger partial charge in [0.2, 0.25) is 11.3 Å². The second-order valence-electron chi connectivity index (χ2n) is 20.0. The molecule has 4 aliphatic carbocycles. The van der Waals surface area contributed by atoms with Gasteiger partial charge in [-0.3, -0.25) is 24.5 Å². The van der Waals surface area contributed by atoms with Crippen molar-refractivity contribution in [2.24, 2.45) is 40.9 Å². The molecule has 1 spiro atoms. The number of rotatable bonds is 10. The van der Waals surface area contributed by atoms with Gasteiger partial charge in [0.05, 0.1) is 51.5 Å². The van der Waals surface area contributed by atoms with Crippen LogP contribution in [-0.4, -0.2) is 102 Å². The summed E-state index contributed by atoms with van der Waals surface area (Å²) in [6.07, 6.45) is 4.33. The van der Waals surface area contributed by atoms with Gasteiger partial charge in [0.25, 0.3) is 0 Å². The van der Waals surface area contributed by atoms with Crippen LogP contribution in [0.3, 0.4) is 0 Å². The standard InChI is InChI=1S/C51H64N2O15/c1-26-11-18-38(67-40-23-49(7,53(60)61)44(30(5)65-40)52-48(59)63-10)27(2)20-37-39(66-31(6)55)21-33(24-54)22-51(37)46(57)41(47(58)68-51)45(56)50(8)36(26)17-16-35-42(50)28(3)19-29(4)43(35)64-25-32-12-14-34(62-9)15-13-32/h11-17,20-21,24,28-30,35-40,42-44,56H,18-19,22-23,25H2,1-10H3,(H,52,59)/b26-11+,27-20+,45-41+. The zero-order chi connectivity index (χ0) is 49.6. The van der Waals surface area contributed by atoms with Gasteiger partial charge in [-0.05, 0) is 86.3 Å². The molecule has 2 N–H and O–H groups in total. The number of ketones is 1. The summed E-state index contributed by atoms with van der Waals surface area (Å²) < 4.78 is 41.8. The molecule has 368 valence electrons. The van der Waals surface area contributed by atoms with E-state index < -0.39 is 99.1 Å². The Labute approximate surface area is 396 Å². The van der Waals surface area contributed by atoms with Gasteiger partial charge >= 0.3 is 18.0 Å². The number of aliphatic hydroxyl groups is 1. The average molecular weight is 945 g/mol. The van der Waals surface area contributed by atoms with E-state index in [0.29, 0.717) is 24.9 Å². The fourth-order valence-electron chi connectivity index (χ4n) is 12.3. The Kier molecular flexibility index (Phi) is 14.3. The van der Waals surface area contributed by atoms with E-state index in [1.165, 1.54) is 19.9 Å². The quantitative estimate of drug-likeness (QED) is 0.0458. The smallest absolute Gasteiger partial charge is 0.407 e. The maximum Gasteiger partial charge on any atom is 0.407 e. The van der Waals surface area contributed by atoms with Crippen LogP contribution in [0.25, 0.3) is 0 Å². The molecule has 0 aromatic heterocycles. The number of benzene rings is 1. The second-order valence-corrected chi connectivity index (χ2v) is 20.0. The number of carbonyl (C=O) groups is 5. The molecule has 2 aliphatic heterocycles. The van der Waals surface area contributed by atoms with Gasteiger partial charge in [-0.15, -0.1) is 0 Å². The van der Waals surface area contributed by atoms with Crippen molar-refractivity contribution in [1.82, 2.24) is 5.32 Å². The van der Waals surface area contributed by atoms with Crippen LogP contribution in [0, 0.1) is 51.0 Å². The van der Waals surface area contributed by atoms with E-state index in [-0.39, 0.29) is 54.6 Å². The second kappa shape index (κ2) is 19.4. The van der Waals surface area contributed by atoms with Gasteiger partial charge in [-0.2, -0.15) is 0 Å². The largest absolute Gasteiger partial charge is 0.511 e. The minimum atomic E-state index is -2.15. The number of alkyl carbamates (subject to hydrolysis) is 1. The number of hydrogen-bond donors (Lipinski definition) is 2. The highest BCUT2D eigenvalue weighted by Crippen LogP contribution is 2.61. The molecule has 17 heteroatoms. The first kappa shape index (κ1) is 50.2. The summed E-state index contributed by atoms with van der Waals surface area (Å²) in [7, 11) is 2.76. The summed E-state index contributed by atoms with van der Waals surface area (Å²) >= 11 is 0. The Morgan fingerprint density at radius 2 is 1.74 bits per heavy atom. The van der Waals surface area contributed by atoms with Crippen LogP contribution >= 0.6 is 0 Å². The van der Waals surface area contributed by atoms with E-state index in [4.69, 9.17) is 33.2 Å². The molecule has 0 radical (unpaired) electrons. The molecule has 1 aromatic carbocycles. The van der Waals surface area contributed by atoms with Gasteiger partial charge in [-0.25, -0.2) is 9.59 Å². The molecule has 15 atom stereocenters. The summed E-state index contributed by atoms with van der Waals surface area (Å²) in [4.78, 5) is 79.9. The van der Waals surface area contributed by atoms with E-state index in [1.807, 2.05) is 50.3 Å². The zero-order valence-corrected chi connectivity index (χ0v) is 40.3. The van der Waals surface area contributed by atoms with E-state index in [9.17, 15) is 34.4 Å². The molecule has 2 bridgehead atoms. The summed E-state index contributed by atoms with van der Waals surface area (Å²) in [5, 5.41) is 28.3. The number of amides is 1. The number of aliphatic hydroxyl groups excluding tert-OH is 1. The monoisotopic (exact) mass is 944 g/mol. The van der Waals surface area contributed by atoms with E-state index in [0.717, 1.165) is 24.0 Å². The van der Waals surface area contributed by atoms with Gasteiger partial charge in [0.15, 0.2) is 11.9 Å². The number of allylic oxidation sites excluding steroid dienone is 3. The molecule has 2 saturated heterocycles. The Balaban J connectivity index is 1.37. The summed E-state index contributed by atoms with van der Waals surface area (Å²) in [5.74, 6) is -4.83. The van der Waals surface area contributed by atoms with Crippen LogP contribution in [-0.2, 0) is 54.2 Å². The van der Waals surface area contributed by atoms with E-state index >= 15 is 4.79 Å². The zero-order valence-electron chi connectivity index (χ0n) is 40.3. The lowest BCUT2D eigenvalue weighted by Crippen LogP contribution is -2.65. The van der Waals surface area contributed by atoms with Crippen molar-refractivity contribution >= 4 is 30.1 Å². The normalized spacial score (nSPS) is 40.6. The van der Waals surface area contributed by atoms with Crippen molar-refractivity contribution < 1.29 is 67.2 Å². The lowest BCUT2D eigenvalue weighted by molar-refractivity contribution is -0.584. The third-order valence-corrected chi connectivity index (χ3v) is 15.6. The molecule has 6 aliphatic rings. The van der Waals surface area contributed by atoms with Crippen LogP contribution in [0.15, 0.2) is 82.7 Å². The Morgan fingerprint density at radius 1 is 1.03 bits per heavy atom. The molecule has 1 aromatic rings. The highest BCUT2D eigenvalue weighted by Gasteiger charge is 2.65. The number of hydrogen-bond acceptors (Lipinski definition) is 15. The van der Waals surface area contributed by atoms with E-state index in [1.54, 1.807) is 27.0 Å². The number of ether oxygens (including phenoxy) is 7. The molecular weight excluding hydrogens is 881 g/mol. The van der Waals surface area contributed by atoms with Crippen molar-refractivity contribution in [1.29, 1.82) is 0 Å². The number of aldehydes is 1. The number of nitrogens with zero attached hydrogens (tertiary/aromatic N) is 1. The van der Waals surface area contributed by atoms with Crippen LogP contribution in [0.4, 0.5) is 4.79 Å². The first-order valence-corrected chi connectivity index (χ1v) is 23.3. The van der Waals surface area contributed by atoms with Crippen molar-refractivity contribution in [3.05, 3.63) is 98.4 Å². The Bertz CT molecular complexity index is 2350. The topological polar surface area (TPSA) is 225 Å². The molecule has 15 unspecified atom stereocenters. The predicted octanol–water partition coefficient (Wildman–Crippen LogP) is 7.01. The predicted molar refractivity (Wildman–Crippen MR) is 244 cm³/mol. The highest BCUT2D eigenvalue weighted by molar-refractivity contribution is 6.26. The van der Waals surface area contributed by atoms with Crippen molar-refractivity contribution in [3.8, 4) is 5.75 Å². The minimum absolute atomic E-state index is 0.0466. The molecule has 1 saturated carbocycles. The average Bonchev–Trinajstić information content (AvgIpc) is 3.53. The number of nitrogens with one attached hydrogen (secondary N) is 1. The third kappa shape index (κ3) is 8.92. The number of methoxy groups -OCH3 is 2. The molecule has 7 rings (SSSR count). The summed E-state index contributed by atoms with van der Waals surface area (Å²) in [5.41, 5.74) is -3.53. The molecule has 1 amide bonds. The number of Topliss-reactive ketones (excluding diaryl/α,β-unsaturated/α-hetero) is 1. The molecular formula is C51H64N2O15. The lowest BCUT2D eigenvalue weighted by atomic mass is 9.49. The SMILES string of the molecule is COC(=O)NC1C(C)OC(OC2C/C=C(\C)C3C=CC4C(OCc5ccc(OC)cc5)C(C)CC(C)C4C3(C)/C(O)=C3\C(=O)OC4(CC(C=O)=CC(OC(C)=O)C4/C=C/2C)C3=O)CC1(C)[N+](=O)[O-]. The number of carbonyl (C=O) groups excluding carboxylic acids is 5. The first-order chi connectivity index (χ1) is 32.1. The third-order valence-electron chi connectivity index (χ3n) is 15.6. The maximum atomic E-state index is 15.4. The lowest BCUT2D eigenvalue weighted by Gasteiger charge is -2.56. The molecule has 68 heavy (non-hydrogen) atoms. The van der Waals surface area contributed by atoms with Gasteiger partial charge in [0.1, 0.15) is 35.5 Å². The van der Waals surface area contributed by atoms with Gasteiger partial charge in [-0.1, -0.05) is 62.8 Å². The van der Waals surface area contributed by atoms with Crippen molar-refractivity contribution in [2.75, 3.05) is 14.2 Å². The van der Waals surface area contributed by atoms with Crippen molar-refractivity contribution in [3.63, 3.8) is 0 Å². The fraction of sp³-hybridized carbons (Fsp3) is 0.588. The molecule has 17 nitrogen and oxygen atoms in total. The Hall–Kier alpha value is -5.65. The molecule has 3 fully saturated rings. The summed E-state index contributed by atoms with van der Waals surface area (Å²) in [6, 6.07) is 6.53. The van der Waals surface area contributed by atoms with Gasteiger partial charge in [0, 0.05) is 42.4 Å². The van der Waals surface area contributed by atoms with Crippen molar-refractivity contribution in [2.45, 2.75) is 136 Å². The maximum absolute atomic E-state index is 15.4. The fourth-order valence-corrected chi connectivity index (χ4v) is 12.3. The Morgan fingerprint density at radius 3 is 2.37 bits per heavy atom. The van der Waals surface area contributed by atoms with Crippen LogP contribution in [0.2, 0.25) is 0 Å². The number of fused-ring (bicyclic) bond motifs is 4. The van der Waals surface area contributed by atoms with Crippen LogP contribution < -0.4 is 10.1 Å². The number of esters is 2. The van der Waals surface area contributed by atoms with Crippen LogP contribution in [0.5, 0.6) is 5.75 Å². The van der Waals surface area contributed by atoms with E-state index in [2.05, 4.69) is 25.2 Å². The first-order valence-electron chi connectivity index (χ1n) is 23.3.